The molecule has 0 aliphatic rings. The Morgan fingerprint density at radius 1 is 1.20 bits per heavy atom. The second kappa shape index (κ2) is 8.23. The van der Waals surface area contributed by atoms with E-state index in [-0.39, 0.29) is 35.5 Å². The van der Waals surface area contributed by atoms with Crippen LogP contribution in [0.15, 0.2) is 42.5 Å². The molecule has 0 aliphatic heterocycles. The van der Waals surface area contributed by atoms with E-state index in [9.17, 15) is 18.4 Å². The highest BCUT2D eigenvalue weighted by molar-refractivity contribution is 5.95. The first-order chi connectivity index (χ1) is 11.9. The molecule has 0 aromatic heterocycles. The number of amides is 1. The molecular weight excluding hydrogens is 330 g/mol. The fourth-order valence-corrected chi connectivity index (χ4v) is 2.25. The first-order valence-electron chi connectivity index (χ1n) is 7.60. The van der Waals surface area contributed by atoms with Gasteiger partial charge in [-0.3, -0.25) is 9.59 Å². The minimum Gasteiger partial charge on any atom is -0.466 e. The van der Waals surface area contributed by atoms with Crippen molar-refractivity contribution in [2.45, 2.75) is 19.5 Å². The summed E-state index contributed by atoms with van der Waals surface area (Å²) in [6.45, 7) is 1.19. The number of hydrogen-bond acceptors (Lipinski definition) is 4. The Balaban J connectivity index is 2.14. The Labute approximate surface area is 143 Å². The van der Waals surface area contributed by atoms with Crippen molar-refractivity contribution >= 4 is 23.3 Å². The lowest BCUT2D eigenvalue weighted by Gasteiger charge is -2.14. The molecule has 0 radical (unpaired) electrons. The molecule has 0 saturated carbocycles. The van der Waals surface area contributed by atoms with Crippen molar-refractivity contribution in [3.05, 3.63) is 59.4 Å². The van der Waals surface area contributed by atoms with Gasteiger partial charge in [0.05, 0.1) is 12.3 Å². The fourth-order valence-electron chi connectivity index (χ4n) is 2.25. The van der Waals surface area contributed by atoms with Crippen molar-refractivity contribution in [2.75, 3.05) is 17.7 Å². The number of ether oxygens (including phenoxy) is 1. The maximum absolute atomic E-state index is 14.5. The predicted octanol–water partition coefficient (Wildman–Crippen LogP) is 3.16. The van der Waals surface area contributed by atoms with E-state index >= 15 is 0 Å². The molecule has 132 valence electrons. The van der Waals surface area contributed by atoms with E-state index in [4.69, 9.17) is 10.5 Å². The van der Waals surface area contributed by atoms with Gasteiger partial charge in [0.25, 0.3) is 5.91 Å². The zero-order valence-corrected chi connectivity index (χ0v) is 13.6. The number of halogens is 2. The third-order valence-electron chi connectivity index (χ3n) is 3.52. The quantitative estimate of drug-likeness (QED) is 0.621. The normalized spacial score (nSPS) is 11.6. The molecule has 5 nitrogen and oxygen atoms in total. The Morgan fingerprint density at radius 3 is 2.52 bits per heavy atom. The summed E-state index contributed by atoms with van der Waals surface area (Å²) in [5, 5.41) is 2.22. The summed E-state index contributed by atoms with van der Waals surface area (Å²) in [6.07, 6.45) is -1.89. The molecule has 0 aliphatic carbocycles. The van der Waals surface area contributed by atoms with E-state index in [1.807, 2.05) is 0 Å². The van der Waals surface area contributed by atoms with Crippen LogP contribution in [0.1, 0.15) is 24.2 Å². The molecular formula is C18H18F2N2O3. The standard InChI is InChI=1S/C18H18F2N2O3/c1-11(23)25-10-9-13-14(21)7-8-15(17(13)20)22-18(24)16(19)12-5-3-2-4-6-12/h2-8,16H,9-10,21H2,1H3,(H,22,24). The van der Waals surface area contributed by atoms with Gasteiger partial charge in [0.1, 0.15) is 0 Å². The zero-order valence-electron chi connectivity index (χ0n) is 13.6. The van der Waals surface area contributed by atoms with E-state index in [0.29, 0.717) is 0 Å². The number of nitrogens with one attached hydrogen (secondary N) is 1. The minimum atomic E-state index is -1.93. The molecule has 1 unspecified atom stereocenters. The highest BCUT2D eigenvalue weighted by Gasteiger charge is 2.22. The summed E-state index contributed by atoms with van der Waals surface area (Å²) < 4.78 is 33.5. The number of carbonyl (C=O) groups excluding carboxylic acids is 2. The largest absolute Gasteiger partial charge is 0.466 e. The summed E-state index contributed by atoms with van der Waals surface area (Å²) in [7, 11) is 0. The number of alkyl halides is 1. The van der Waals surface area contributed by atoms with E-state index in [0.717, 1.165) is 0 Å². The van der Waals surface area contributed by atoms with Crippen LogP contribution < -0.4 is 11.1 Å². The second-order valence-electron chi connectivity index (χ2n) is 5.35. The van der Waals surface area contributed by atoms with Crippen molar-refractivity contribution in [1.82, 2.24) is 0 Å². The van der Waals surface area contributed by atoms with Crippen molar-refractivity contribution < 1.29 is 23.1 Å². The van der Waals surface area contributed by atoms with Crippen LogP contribution in [0.5, 0.6) is 0 Å². The molecule has 0 heterocycles. The van der Waals surface area contributed by atoms with Crippen LogP contribution in [0.3, 0.4) is 0 Å². The summed E-state index contributed by atoms with van der Waals surface area (Å²) in [4.78, 5) is 22.8. The molecule has 2 rings (SSSR count). The average molecular weight is 348 g/mol. The van der Waals surface area contributed by atoms with Crippen LogP contribution in [-0.2, 0) is 20.7 Å². The van der Waals surface area contributed by atoms with E-state index in [1.165, 1.54) is 31.2 Å². The lowest BCUT2D eigenvalue weighted by molar-refractivity contribution is -0.140. The Hall–Kier alpha value is -2.96. The molecule has 0 saturated heterocycles. The van der Waals surface area contributed by atoms with Crippen LogP contribution >= 0.6 is 0 Å². The van der Waals surface area contributed by atoms with Crippen molar-refractivity contribution in [1.29, 1.82) is 0 Å². The smallest absolute Gasteiger partial charge is 0.302 e. The molecule has 0 spiro atoms. The summed E-state index contributed by atoms with van der Waals surface area (Å²) in [6, 6.07) is 10.5. The summed E-state index contributed by atoms with van der Waals surface area (Å²) in [5.41, 5.74) is 5.96. The van der Waals surface area contributed by atoms with E-state index < -0.39 is 23.9 Å². The molecule has 0 fully saturated rings. The molecule has 2 aromatic carbocycles. The highest BCUT2D eigenvalue weighted by atomic mass is 19.1. The number of nitrogen functional groups attached to an aromatic ring is 1. The number of nitrogens with two attached hydrogens (primary N) is 1. The molecule has 3 N–H and O–H groups in total. The van der Waals surface area contributed by atoms with Crippen LogP contribution in [0.4, 0.5) is 20.2 Å². The summed E-state index contributed by atoms with van der Waals surface area (Å²) >= 11 is 0. The van der Waals surface area contributed by atoms with Crippen molar-refractivity contribution in [2.24, 2.45) is 0 Å². The third kappa shape index (κ3) is 4.76. The molecule has 1 atom stereocenters. The average Bonchev–Trinajstić information content (AvgIpc) is 2.60. The van der Waals surface area contributed by atoms with Crippen molar-refractivity contribution in [3.63, 3.8) is 0 Å². The fraction of sp³-hybridized carbons (Fsp3) is 0.222. The molecule has 2 aromatic rings. The lowest BCUT2D eigenvalue weighted by Crippen LogP contribution is -2.19. The maximum atomic E-state index is 14.5. The van der Waals surface area contributed by atoms with E-state index in [2.05, 4.69) is 5.32 Å². The minimum absolute atomic E-state index is 0.0404. The van der Waals surface area contributed by atoms with Crippen LogP contribution in [0.25, 0.3) is 0 Å². The second-order valence-corrected chi connectivity index (χ2v) is 5.35. The molecule has 0 bridgehead atoms. The number of benzene rings is 2. The first kappa shape index (κ1) is 18.4. The summed E-state index contributed by atoms with van der Waals surface area (Å²) in [5.74, 6) is -2.26. The topological polar surface area (TPSA) is 81.4 Å². The van der Waals surface area contributed by atoms with E-state index in [1.54, 1.807) is 18.2 Å². The predicted molar refractivity (Wildman–Crippen MR) is 90.1 cm³/mol. The van der Waals surface area contributed by atoms with Gasteiger partial charge in [0, 0.05) is 24.6 Å². The molecule has 25 heavy (non-hydrogen) atoms. The van der Waals surface area contributed by atoms with Gasteiger partial charge in [-0.25, -0.2) is 8.78 Å². The van der Waals surface area contributed by atoms with Gasteiger partial charge in [-0.1, -0.05) is 30.3 Å². The van der Waals surface area contributed by atoms with Gasteiger partial charge in [0.2, 0.25) is 6.17 Å². The van der Waals surface area contributed by atoms with Gasteiger partial charge in [-0.15, -0.1) is 0 Å². The number of esters is 1. The van der Waals surface area contributed by atoms with Gasteiger partial charge in [0.15, 0.2) is 5.82 Å². The molecule has 7 heteroatoms. The number of carbonyl (C=O) groups is 2. The van der Waals surface area contributed by atoms with Crippen LogP contribution in [0, 0.1) is 5.82 Å². The third-order valence-corrected chi connectivity index (χ3v) is 3.52. The maximum Gasteiger partial charge on any atom is 0.302 e. The van der Waals surface area contributed by atoms with Gasteiger partial charge < -0.3 is 15.8 Å². The number of anilines is 2. The Morgan fingerprint density at radius 2 is 1.88 bits per heavy atom. The van der Waals surface area contributed by atoms with Crippen molar-refractivity contribution in [3.8, 4) is 0 Å². The first-order valence-corrected chi connectivity index (χ1v) is 7.60. The Kier molecular flexibility index (Phi) is 6.05. The monoisotopic (exact) mass is 348 g/mol. The Bertz CT molecular complexity index is 766. The van der Waals surface area contributed by atoms with Crippen LogP contribution in [0.2, 0.25) is 0 Å². The SMILES string of the molecule is CC(=O)OCCc1c(N)ccc(NC(=O)C(F)c2ccccc2)c1F. The highest BCUT2D eigenvalue weighted by Crippen LogP contribution is 2.26. The zero-order chi connectivity index (χ0) is 18.4. The lowest BCUT2D eigenvalue weighted by atomic mass is 10.1. The van der Waals surface area contributed by atoms with Gasteiger partial charge in [-0.2, -0.15) is 0 Å². The number of hydrogen-bond donors (Lipinski definition) is 2. The number of rotatable bonds is 6. The van der Waals surface area contributed by atoms with Gasteiger partial charge >= 0.3 is 5.97 Å². The molecule has 1 amide bonds. The van der Waals surface area contributed by atoms with Crippen LogP contribution in [-0.4, -0.2) is 18.5 Å². The van der Waals surface area contributed by atoms with Gasteiger partial charge in [-0.05, 0) is 17.7 Å².